The lowest BCUT2D eigenvalue weighted by Crippen LogP contribution is -2.43. The lowest BCUT2D eigenvalue weighted by atomic mass is 9.95. The van der Waals surface area contributed by atoms with Crippen LogP contribution < -0.4 is 15.5 Å². The van der Waals surface area contributed by atoms with E-state index < -0.39 is 0 Å². The quantitative estimate of drug-likeness (QED) is 0.738. The zero-order chi connectivity index (χ0) is 21.6. The molecule has 0 unspecified atom stereocenters. The zero-order valence-corrected chi connectivity index (χ0v) is 18.0. The molecule has 164 valence electrons. The van der Waals surface area contributed by atoms with Crippen molar-refractivity contribution < 1.29 is 9.59 Å². The Balaban J connectivity index is 1.22. The maximum atomic E-state index is 12.7. The summed E-state index contributed by atoms with van der Waals surface area (Å²) in [6.07, 6.45) is 5.77. The molecule has 2 aliphatic rings. The van der Waals surface area contributed by atoms with Crippen molar-refractivity contribution in [3.05, 3.63) is 47.9 Å². The average molecular weight is 423 g/mol. The van der Waals surface area contributed by atoms with Crippen molar-refractivity contribution in [3.8, 4) is 0 Å². The molecule has 2 amide bonds. The summed E-state index contributed by atoms with van der Waals surface area (Å²) in [6, 6.07) is 8.60. The van der Waals surface area contributed by atoms with E-state index in [1.54, 1.807) is 6.20 Å². The highest BCUT2D eigenvalue weighted by Crippen LogP contribution is 2.27. The first-order chi connectivity index (χ1) is 15.1. The first kappa shape index (κ1) is 21.2. The molecule has 2 aromatic rings. The van der Waals surface area contributed by atoms with Gasteiger partial charge in [0.1, 0.15) is 6.33 Å². The molecule has 1 aromatic heterocycles. The van der Waals surface area contributed by atoms with E-state index in [1.165, 1.54) is 24.4 Å². The molecule has 1 aromatic carbocycles. The summed E-state index contributed by atoms with van der Waals surface area (Å²) in [5.41, 5.74) is 3.65. The van der Waals surface area contributed by atoms with Gasteiger partial charge in [-0.3, -0.25) is 14.5 Å². The standard InChI is InChI=1S/C23H30N6O2/c1-17(30)27-22-21(14-24-16-26-22)29-11-7-19(8-12-29)23(31)25-9-13-28-10-6-18-4-2-3-5-20(18)15-28/h2-5,14,16,19H,6-13,15H2,1H3,(H,25,31)(H,24,26,27,30). The SMILES string of the molecule is CC(=O)Nc1ncncc1N1CCC(C(=O)NCCN2CCc3ccccc3C2)CC1. The molecule has 0 atom stereocenters. The second-order valence-electron chi connectivity index (χ2n) is 8.28. The Morgan fingerprint density at radius 3 is 2.68 bits per heavy atom. The topological polar surface area (TPSA) is 90.5 Å². The molecular weight excluding hydrogens is 392 g/mol. The number of carbonyl (C=O) groups excluding carboxylic acids is 2. The van der Waals surface area contributed by atoms with E-state index in [1.807, 2.05) is 0 Å². The Hall–Kier alpha value is -3.00. The van der Waals surface area contributed by atoms with Gasteiger partial charge < -0.3 is 15.5 Å². The van der Waals surface area contributed by atoms with Gasteiger partial charge in [-0.05, 0) is 30.4 Å². The highest BCUT2D eigenvalue weighted by atomic mass is 16.2. The van der Waals surface area contributed by atoms with Crippen LogP contribution in [0.25, 0.3) is 0 Å². The number of aromatic nitrogens is 2. The number of piperidine rings is 1. The van der Waals surface area contributed by atoms with Crippen LogP contribution in [0.1, 0.15) is 30.9 Å². The summed E-state index contributed by atoms with van der Waals surface area (Å²) in [5.74, 6) is 0.524. The van der Waals surface area contributed by atoms with Crippen molar-refractivity contribution >= 4 is 23.3 Å². The number of nitrogens with zero attached hydrogens (tertiary/aromatic N) is 4. The summed E-state index contributed by atoms with van der Waals surface area (Å²) in [5, 5.41) is 5.89. The molecule has 2 N–H and O–H groups in total. The Morgan fingerprint density at radius 1 is 1.13 bits per heavy atom. The molecule has 0 spiro atoms. The monoisotopic (exact) mass is 422 g/mol. The van der Waals surface area contributed by atoms with Crippen molar-refractivity contribution in [1.29, 1.82) is 0 Å². The third kappa shape index (κ3) is 5.38. The smallest absolute Gasteiger partial charge is 0.223 e. The van der Waals surface area contributed by atoms with Gasteiger partial charge in [-0.1, -0.05) is 24.3 Å². The molecule has 1 fully saturated rings. The lowest BCUT2D eigenvalue weighted by molar-refractivity contribution is -0.125. The number of benzene rings is 1. The van der Waals surface area contributed by atoms with Crippen LogP contribution in [0, 0.1) is 5.92 Å². The second kappa shape index (κ2) is 9.87. The minimum atomic E-state index is -0.161. The van der Waals surface area contributed by atoms with Gasteiger partial charge in [-0.15, -0.1) is 0 Å². The number of hydrogen-bond donors (Lipinski definition) is 2. The Morgan fingerprint density at radius 2 is 1.90 bits per heavy atom. The normalized spacial score (nSPS) is 17.1. The third-order valence-corrected chi connectivity index (χ3v) is 6.13. The van der Waals surface area contributed by atoms with Crippen LogP contribution in [0.15, 0.2) is 36.8 Å². The number of rotatable bonds is 6. The fraction of sp³-hybridized carbons (Fsp3) is 0.478. The molecule has 8 heteroatoms. The molecule has 3 heterocycles. The Bertz CT molecular complexity index is 926. The van der Waals surface area contributed by atoms with Gasteiger partial charge in [-0.25, -0.2) is 9.97 Å². The molecule has 0 saturated carbocycles. The van der Waals surface area contributed by atoms with Gasteiger partial charge in [0.15, 0.2) is 5.82 Å². The molecule has 1 saturated heterocycles. The van der Waals surface area contributed by atoms with Gasteiger partial charge in [0.2, 0.25) is 11.8 Å². The summed E-state index contributed by atoms with van der Waals surface area (Å²) >= 11 is 0. The number of hydrogen-bond acceptors (Lipinski definition) is 6. The largest absolute Gasteiger partial charge is 0.367 e. The fourth-order valence-corrected chi connectivity index (χ4v) is 4.43. The minimum absolute atomic E-state index is 0.0205. The highest BCUT2D eigenvalue weighted by Gasteiger charge is 2.26. The van der Waals surface area contributed by atoms with E-state index >= 15 is 0 Å². The minimum Gasteiger partial charge on any atom is -0.367 e. The van der Waals surface area contributed by atoms with Crippen molar-refractivity contribution in [2.45, 2.75) is 32.7 Å². The van der Waals surface area contributed by atoms with Crippen LogP contribution in [0.2, 0.25) is 0 Å². The molecule has 0 bridgehead atoms. The lowest BCUT2D eigenvalue weighted by Gasteiger charge is -2.33. The van der Waals surface area contributed by atoms with Gasteiger partial charge >= 0.3 is 0 Å². The number of amides is 2. The van der Waals surface area contributed by atoms with Gasteiger partial charge in [0.25, 0.3) is 0 Å². The molecule has 2 aliphatic heterocycles. The van der Waals surface area contributed by atoms with E-state index in [2.05, 4.69) is 54.7 Å². The predicted octanol–water partition coefficient (Wildman–Crippen LogP) is 1.83. The number of anilines is 2. The number of carbonyl (C=O) groups is 2. The molecule has 8 nitrogen and oxygen atoms in total. The van der Waals surface area contributed by atoms with Gasteiger partial charge in [0.05, 0.1) is 11.9 Å². The van der Waals surface area contributed by atoms with Crippen molar-refractivity contribution in [2.75, 3.05) is 42.9 Å². The van der Waals surface area contributed by atoms with E-state index in [9.17, 15) is 9.59 Å². The highest BCUT2D eigenvalue weighted by molar-refractivity contribution is 5.91. The molecule has 31 heavy (non-hydrogen) atoms. The van der Waals surface area contributed by atoms with Crippen LogP contribution in [-0.4, -0.2) is 59.4 Å². The van der Waals surface area contributed by atoms with E-state index in [4.69, 9.17) is 0 Å². The van der Waals surface area contributed by atoms with E-state index in [-0.39, 0.29) is 17.7 Å². The summed E-state index contributed by atoms with van der Waals surface area (Å²) in [6.45, 7) is 6.50. The predicted molar refractivity (Wildman–Crippen MR) is 120 cm³/mol. The maximum absolute atomic E-state index is 12.7. The molecular formula is C23H30N6O2. The van der Waals surface area contributed by atoms with Crippen molar-refractivity contribution in [1.82, 2.24) is 20.2 Å². The molecule has 4 rings (SSSR count). The second-order valence-corrected chi connectivity index (χ2v) is 8.28. The molecule has 0 aliphatic carbocycles. The van der Waals surface area contributed by atoms with Crippen molar-refractivity contribution in [2.24, 2.45) is 5.92 Å². The van der Waals surface area contributed by atoms with Gasteiger partial charge in [-0.2, -0.15) is 0 Å². The summed E-state index contributed by atoms with van der Waals surface area (Å²) in [4.78, 5) is 36.9. The summed E-state index contributed by atoms with van der Waals surface area (Å²) < 4.78 is 0. The summed E-state index contributed by atoms with van der Waals surface area (Å²) in [7, 11) is 0. The van der Waals surface area contributed by atoms with E-state index in [0.717, 1.165) is 57.7 Å². The van der Waals surface area contributed by atoms with Crippen LogP contribution in [-0.2, 0) is 22.6 Å². The zero-order valence-electron chi connectivity index (χ0n) is 18.0. The van der Waals surface area contributed by atoms with Crippen LogP contribution in [0.4, 0.5) is 11.5 Å². The van der Waals surface area contributed by atoms with Crippen LogP contribution in [0.5, 0.6) is 0 Å². The fourth-order valence-electron chi connectivity index (χ4n) is 4.43. The molecule has 0 radical (unpaired) electrons. The maximum Gasteiger partial charge on any atom is 0.223 e. The van der Waals surface area contributed by atoms with Crippen LogP contribution in [0.3, 0.4) is 0 Å². The first-order valence-corrected chi connectivity index (χ1v) is 11.0. The average Bonchev–Trinajstić information content (AvgIpc) is 2.79. The Labute approximate surface area is 183 Å². The van der Waals surface area contributed by atoms with Gasteiger partial charge in [0, 0.05) is 52.1 Å². The van der Waals surface area contributed by atoms with Crippen molar-refractivity contribution in [3.63, 3.8) is 0 Å². The third-order valence-electron chi connectivity index (χ3n) is 6.13. The van der Waals surface area contributed by atoms with Crippen LogP contribution >= 0.6 is 0 Å². The number of nitrogens with one attached hydrogen (secondary N) is 2. The first-order valence-electron chi connectivity index (χ1n) is 11.0. The Kier molecular flexibility index (Phi) is 6.76. The number of fused-ring (bicyclic) bond motifs is 1. The van der Waals surface area contributed by atoms with E-state index in [0.29, 0.717) is 12.4 Å².